The Kier molecular flexibility index (Phi) is 3.79. The van der Waals surface area contributed by atoms with Gasteiger partial charge in [0, 0.05) is 12.1 Å². The highest BCUT2D eigenvalue weighted by molar-refractivity contribution is 6.09. The predicted molar refractivity (Wildman–Crippen MR) is 67.5 cm³/mol. The summed E-state index contributed by atoms with van der Waals surface area (Å²) < 4.78 is 45.9. The summed E-state index contributed by atoms with van der Waals surface area (Å²) in [6.07, 6.45) is 0. The van der Waals surface area contributed by atoms with Crippen molar-refractivity contribution in [3.05, 3.63) is 64.5 Å². The van der Waals surface area contributed by atoms with Crippen molar-refractivity contribution in [1.29, 1.82) is 0 Å². The number of ether oxygens (including phenoxy) is 1. The molecule has 0 fully saturated rings. The molecular weight excluding hydrogens is 269 g/mol. The van der Waals surface area contributed by atoms with Crippen LogP contribution < -0.4 is 4.74 Å². The zero-order valence-corrected chi connectivity index (χ0v) is 10.8. The van der Waals surface area contributed by atoms with E-state index in [2.05, 4.69) is 0 Å². The number of aryl methyl sites for hydroxylation is 1. The second-order valence-electron chi connectivity index (χ2n) is 4.28. The number of ketones is 1. The SMILES string of the molecule is COc1cc(F)c(C(=O)c2cc(C)ccc2F)c(F)c1. The van der Waals surface area contributed by atoms with E-state index in [1.54, 1.807) is 6.92 Å². The van der Waals surface area contributed by atoms with E-state index in [-0.39, 0.29) is 11.3 Å². The maximum atomic E-state index is 13.8. The normalized spacial score (nSPS) is 10.4. The fourth-order valence-corrected chi connectivity index (χ4v) is 1.83. The lowest BCUT2D eigenvalue weighted by Gasteiger charge is -2.08. The van der Waals surface area contributed by atoms with Crippen LogP contribution in [0.4, 0.5) is 13.2 Å². The van der Waals surface area contributed by atoms with Crippen LogP contribution in [0.2, 0.25) is 0 Å². The molecule has 0 N–H and O–H groups in total. The van der Waals surface area contributed by atoms with Gasteiger partial charge in [-0.2, -0.15) is 0 Å². The van der Waals surface area contributed by atoms with Crippen LogP contribution in [-0.4, -0.2) is 12.9 Å². The number of benzene rings is 2. The van der Waals surface area contributed by atoms with Crippen molar-refractivity contribution in [2.45, 2.75) is 6.92 Å². The van der Waals surface area contributed by atoms with Crippen LogP contribution in [0.15, 0.2) is 30.3 Å². The molecule has 2 aromatic carbocycles. The Bertz CT molecular complexity index is 658. The molecule has 0 radical (unpaired) electrons. The first kappa shape index (κ1) is 14.1. The van der Waals surface area contributed by atoms with Crippen LogP contribution in [0.5, 0.6) is 5.75 Å². The molecule has 0 aliphatic heterocycles. The second-order valence-corrected chi connectivity index (χ2v) is 4.28. The molecule has 104 valence electrons. The van der Waals surface area contributed by atoms with E-state index in [0.29, 0.717) is 5.56 Å². The highest BCUT2D eigenvalue weighted by atomic mass is 19.1. The van der Waals surface area contributed by atoms with Crippen molar-refractivity contribution in [2.75, 3.05) is 7.11 Å². The van der Waals surface area contributed by atoms with E-state index in [1.807, 2.05) is 0 Å². The van der Waals surface area contributed by atoms with Crippen molar-refractivity contribution in [3.8, 4) is 5.75 Å². The third-order valence-corrected chi connectivity index (χ3v) is 2.84. The van der Waals surface area contributed by atoms with Crippen LogP contribution in [-0.2, 0) is 0 Å². The average molecular weight is 280 g/mol. The first-order valence-corrected chi connectivity index (χ1v) is 5.78. The summed E-state index contributed by atoms with van der Waals surface area (Å²) in [5.41, 5.74) is -0.549. The minimum absolute atomic E-state index is 0.0544. The first-order valence-electron chi connectivity index (χ1n) is 5.78. The number of rotatable bonds is 3. The highest BCUT2D eigenvalue weighted by Crippen LogP contribution is 2.24. The van der Waals surface area contributed by atoms with E-state index in [4.69, 9.17) is 4.74 Å². The number of hydrogen-bond donors (Lipinski definition) is 0. The van der Waals surface area contributed by atoms with E-state index in [1.165, 1.54) is 19.2 Å². The highest BCUT2D eigenvalue weighted by Gasteiger charge is 2.23. The number of hydrogen-bond acceptors (Lipinski definition) is 2. The van der Waals surface area contributed by atoms with Gasteiger partial charge in [0.15, 0.2) is 0 Å². The molecule has 0 aromatic heterocycles. The molecule has 0 spiro atoms. The summed E-state index contributed by atoms with van der Waals surface area (Å²) in [5, 5.41) is 0. The lowest BCUT2D eigenvalue weighted by molar-refractivity contribution is 0.102. The molecule has 2 aromatic rings. The molecule has 5 heteroatoms. The third-order valence-electron chi connectivity index (χ3n) is 2.84. The van der Waals surface area contributed by atoms with Crippen molar-refractivity contribution in [1.82, 2.24) is 0 Å². The zero-order chi connectivity index (χ0) is 14.9. The summed E-state index contributed by atoms with van der Waals surface area (Å²) in [7, 11) is 1.25. The van der Waals surface area contributed by atoms with E-state index < -0.39 is 28.8 Å². The van der Waals surface area contributed by atoms with Crippen LogP contribution in [0.1, 0.15) is 21.5 Å². The van der Waals surface area contributed by atoms with Gasteiger partial charge in [-0.15, -0.1) is 0 Å². The Labute approximate surface area is 113 Å². The van der Waals surface area contributed by atoms with E-state index in [9.17, 15) is 18.0 Å². The van der Waals surface area contributed by atoms with Gasteiger partial charge >= 0.3 is 0 Å². The van der Waals surface area contributed by atoms with Crippen molar-refractivity contribution >= 4 is 5.78 Å². The Hall–Kier alpha value is -2.30. The molecule has 0 heterocycles. The van der Waals surface area contributed by atoms with Gasteiger partial charge in [0.25, 0.3) is 0 Å². The monoisotopic (exact) mass is 280 g/mol. The van der Waals surface area contributed by atoms with E-state index >= 15 is 0 Å². The van der Waals surface area contributed by atoms with Crippen molar-refractivity contribution in [2.24, 2.45) is 0 Å². The van der Waals surface area contributed by atoms with Crippen LogP contribution in [0, 0.1) is 24.4 Å². The standard InChI is InChI=1S/C15H11F3O2/c1-8-3-4-11(16)10(5-8)15(19)14-12(17)6-9(20-2)7-13(14)18/h3-7H,1-2H3. The van der Waals surface area contributed by atoms with Crippen LogP contribution in [0.3, 0.4) is 0 Å². The fraction of sp³-hybridized carbons (Fsp3) is 0.133. The van der Waals surface area contributed by atoms with Crippen molar-refractivity contribution < 1.29 is 22.7 Å². The number of carbonyl (C=O) groups is 1. The molecule has 0 aliphatic carbocycles. The summed E-state index contributed by atoms with van der Waals surface area (Å²) in [4.78, 5) is 12.1. The number of carbonyl (C=O) groups excluding carboxylic acids is 1. The van der Waals surface area contributed by atoms with Crippen molar-refractivity contribution in [3.63, 3.8) is 0 Å². The van der Waals surface area contributed by atoms with Gasteiger partial charge in [0.05, 0.1) is 18.2 Å². The largest absolute Gasteiger partial charge is 0.497 e. The third kappa shape index (κ3) is 2.52. The molecule has 0 unspecified atom stereocenters. The van der Waals surface area contributed by atoms with Gasteiger partial charge in [-0.05, 0) is 19.1 Å². The zero-order valence-electron chi connectivity index (χ0n) is 10.8. The van der Waals surface area contributed by atoms with Gasteiger partial charge in [-0.25, -0.2) is 13.2 Å². The minimum atomic E-state index is -1.09. The first-order chi connectivity index (χ1) is 9.43. The van der Waals surface area contributed by atoms with Gasteiger partial charge in [0.2, 0.25) is 5.78 Å². The molecule has 0 amide bonds. The Morgan fingerprint density at radius 2 is 1.60 bits per heavy atom. The van der Waals surface area contributed by atoms with Gasteiger partial charge in [-0.3, -0.25) is 4.79 Å². The molecule has 0 atom stereocenters. The Morgan fingerprint density at radius 1 is 1.00 bits per heavy atom. The Morgan fingerprint density at radius 3 is 2.15 bits per heavy atom. The lowest BCUT2D eigenvalue weighted by atomic mass is 10.00. The molecular formula is C15H11F3O2. The molecule has 20 heavy (non-hydrogen) atoms. The average Bonchev–Trinajstić information content (AvgIpc) is 2.40. The van der Waals surface area contributed by atoms with Gasteiger partial charge in [-0.1, -0.05) is 11.6 Å². The number of halogens is 3. The molecule has 2 rings (SSSR count). The summed E-state index contributed by atoms with van der Waals surface area (Å²) >= 11 is 0. The van der Waals surface area contributed by atoms with Crippen LogP contribution in [0.25, 0.3) is 0 Å². The Balaban J connectivity index is 2.56. The molecule has 0 saturated heterocycles. The molecule has 0 aliphatic rings. The fourth-order valence-electron chi connectivity index (χ4n) is 1.83. The second kappa shape index (κ2) is 5.36. The molecule has 0 bridgehead atoms. The van der Waals surface area contributed by atoms with Crippen LogP contribution >= 0.6 is 0 Å². The number of methoxy groups -OCH3 is 1. The summed E-state index contributed by atoms with van der Waals surface area (Å²) in [5.74, 6) is -4.10. The lowest BCUT2D eigenvalue weighted by Crippen LogP contribution is -2.10. The molecule has 0 saturated carbocycles. The maximum absolute atomic E-state index is 13.8. The predicted octanol–water partition coefficient (Wildman–Crippen LogP) is 3.65. The molecule has 2 nitrogen and oxygen atoms in total. The topological polar surface area (TPSA) is 26.3 Å². The smallest absolute Gasteiger partial charge is 0.201 e. The summed E-state index contributed by atoms with van der Waals surface area (Å²) in [6, 6.07) is 5.56. The van der Waals surface area contributed by atoms with E-state index in [0.717, 1.165) is 18.2 Å². The van der Waals surface area contributed by atoms with Gasteiger partial charge in [0.1, 0.15) is 23.2 Å². The maximum Gasteiger partial charge on any atom is 0.201 e. The quantitative estimate of drug-likeness (QED) is 0.802. The van der Waals surface area contributed by atoms with Gasteiger partial charge < -0.3 is 4.74 Å². The minimum Gasteiger partial charge on any atom is -0.497 e. The summed E-state index contributed by atoms with van der Waals surface area (Å²) in [6.45, 7) is 1.65.